The van der Waals surface area contributed by atoms with Gasteiger partial charge in [-0.2, -0.15) is 0 Å². The lowest BCUT2D eigenvalue weighted by Crippen LogP contribution is -2.39. The van der Waals surface area contributed by atoms with Crippen molar-refractivity contribution in [3.63, 3.8) is 0 Å². The van der Waals surface area contributed by atoms with Gasteiger partial charge in [-0.3, -0.25) is 4.79 Å². The molecule has 3 N–H and O–H groups in total. The Kier molecular flexibility index (Phi) is 5.31. The number of likely N-dealkylation sites (tertiary alicyclic amines) is 1. The third-order valence-corrected chi connectivity index (χ3v) is 3.65. The largest absolute Gasteiger partial charge is 0.491 e. The quantitative estimate of drug-likeness (QED) is 0.790. The third-order valence-electron chi connectivity index (χ3n) is 3.65. The van der Waals surface area contributed by atoms with Crippen molar-refractivity contribution < 1.29 is 9.53 Å². The van der Waals surface area contributed by atoms with E-state index in [1.807, 2.05) is 24.0 Å². The van der Waals surface area contributed by atoms with Crippen molar-refractivity contribution in [3.05, 3.63) is 18.2 Å². The summed E-state index contributed by atoms with van der Waals surface area (Å²) < 4.78 is 5.61. The van der Waals surface area contributed by atoms with Gasteiger partial charge in [-0.05, 0) is 38.3 Å². The predicted octanol–water partition coefficient (Wildman–Crippen LogP) is 2.48. The molecule has 1 aliphatic rings. The number of ether oxygens (including phenoxy) is 1. The van der Waals surface area contributed by atoms with Crippen LogP contribution in [0.15, 0.2) is 18.2 Å². The van der Waals surface area contributed by atoms with Crippen LogP contribution >= 0.6 is 0 Å². The number of hydrogen-bond donors (Lipinski definition) is 2. The Balaban J connectivity index is 1.99. The van der Waals surface area contributed by atoms with Crippen LogP contribution < -0.4 is 15.8 Å². The first-order valence-electron chi connectivity index (χ1n) is 7.69. The van der Waals surface area contributed by atoms with E-state index in [1.54, 1.807) is 6.07 Å². The summed E-state index contributed by atoms with van der Waals surface area (Å²) in [4.78, 5) is 14.2. The van der Waals surface area contributed by atoms with Crippen LogP contribution in [-0.2, 0) is 4.79 Å². The standard InChI is InChI=1S/C16H25N3O2/c1-3-10-21-15-11-13(6-7-14(15)17)18-12(2)16(20)19-8-4-5-9-19/h6-7,11-12,18H,3-5,8-10,17H2,1-2H3. The number of anilines is 2. The summed E-state index contributed by atoms with van der Waals surface area (Å²) in [7, 11) is 0. The van der Waals surface area contributed by atoms with E-state index in [2.05, 4.69) is 12.2 Å². The molecule has 21 heavy (non-hydrogen) atoms. The minimum absolute atomic E-state index is 0.153. The van der Waals surface area contributed by atoms with Crippen molar-refractivity contribution in [2.45, 2.75) is 39.2 Å². The average Bonchev–Trinajstić information content (AvgIpc) is 3.01. The molecule has 1 aromatic rings. The molecule has 2 rings (SSSR count). The van der Waals surface area contributed by atoms with Crippen molar-refractivity contribution in [1.82, 2.24) is 4.90 Å². The molecule has 5 nitrogen and oxygen atoms in total. The Morgan fingerprint density at radius 2 is 2.14 bits per heavy atom. The third kappa shape index (κ3) is 4.03. The first kappa shape index (κ1) is 15.5. The van der Waals surface area contributed by atoms with Gasteiger partial charge in [-0.25, -0.2) is 0 Å². The van der Waals surface area contributed by atoms with E-state index in [9.17, 15) is 4.79 Å². The Hall–Kier alpha value is -1.91. The normalized spacial score (nSPS) is 15.8. The van der Waals surface area contributed by atoms with Crippen LogP contribution in [0.25, 0.3) is 0 Å². The number of carbonyl (C=O) groups excluding carboxylic acids is 1. The minimum atomic E-state index is -0.245. The van der Waals surface area contributed by atoms with Crippen molar-refractivity contribution >= 4 is 17.3 Å². The molecule has 0 aromatic heterocycles. The molecule has 0 saturated carbocycles. The van der Waals surface area contributed by atoms with Gasteiger partial charge in [0.05, 0.1) is 12.3 Å². The Bertz CT molecular complexity index is 484. The molecule has 0 bridgehead atoms. The maximum atomic E-state index is 12.3. The zero-order chi connectivity index (χ0) is 15.2. The second-order valence-corrected chi connectivity index (χ2v) is 5.50. The molecule has 1 heterocycles. The fourth-order valence-electron chi connectivity index (χ4n) is 2.48. The minimum Gasteiger partial charge on any atom is -0.491 e. The van der Waals surface area contributed by atoms with Crippen molar-refractivity contribution in [1.29, 1.82) is 0 Å². The number of amides is 1. The number of nitrogens with two attached hydrogens (primary N) is 1. The van der Waals surface area contributed by atoms with E-state index in [0.717, 1.165) is 38.0 Å². The number of nitrogens with zero attached hydrogens (tertiary/aromatic N) is 1. The summed E-state index contributed by atoms with van der Waals surface area (Å²) >= 11 is 0. The fourth-order valence-corrected chi connectivity index (χ4v) is 2.48. The number of carbonyl (C=O) groups is 1. The van der Waals surface area contributed by atoms with E-state index in [1.165, 1.54) is 0 Å². The second-order valence-electron chi connectivity index (χ2n) is 5.50. The molecular formula is C16H25N3O2. The average molecular weight is 291 g/mol. The number of nitrogens with one attached hydrogen (secondary N) is 1. The van der Waals surface area contributed by atoms with Crippen LogP contribution in [0.3, 0.4) is 0 Å². The molecule has 1 amide bonds. The van der Waals surface area contributed by atoms with Gasteiger partial charge < -0.3 is 20.7 Å². The molecule has 1 aliphatic heterocycles. The molecular weight excluding hydrogens is 266 g/mol. The Labute approximate surface area is 126 Å². The van der Waals surface area contributed by atoms with E-state index < -0.39 is 0 Å². The smallest absolute Gasteiger partial charge is 0.244 e. The van der Waals surface area contributed by atoms with Crippen LogP contribution in [0.5, 0.6) is 5.75 Å². The van der Waals surface area contributed by atoms with Crippen molar-refractivity contribution in [2.24, 2.45) is 0 Å². The number of benzene rings is 1. The molecule has 0 radical (unpaired) electrons. The summed E-state index contributed by atoms with van der Waals surface area (Å²) in [6, 6.07) is 5.30. The monoisotopic (exact) mass is 291 g/mol. The molecule has 0 spiro atoms. The second kappa shape index (κ2) is 7.20. The topological polar surface area (TPSA) is 67.6 Å². The SMILES string of the molecule is CCCOc1cc(NC(C)C(=O)N2CCCC2)ccc1N. The van der Waals surface area contributed by atoms with Gasteiger partial charge >= 0.3 is 0 Å². The first-order chi connectivity index (χ1) is 10.1. The van der Waals surface area contributed by atoms with Crippen LogP contribution in [0, 0.1) is 0 Å². The van der Waals surface area contributed by atoms with Gasteiger partial charge in [0.15, 0.2) is 0 Å². The summed E-state index contributed by atoms with van der Waals surface area (Å²) in [5, 5.41) is 3.24. The van der Waals surface area contributed by atoms with E-state index in [0.29, 0.717) is 18.0 Å². The molecule has 1 saturated heterocycles. The fraction of sp³-hybridized carbons (Fsp3) is 0.562. The zero-order valence-corrected chi connectivity index (χ0v) is 12.9. The van der Waals surface area contributed by atoms with Crippen molar-refractivity contribution in [3.8, 4) is 5.75 Å². The van der Waals surface area contributed by atoms with Crippen LogP contribution in [-0.4, -0.2) is 36.5 Å². The highest BCUT2D eigenvalue weighted by molar-refractivity contribution is 5.84. The lowest BCUT2D eigenvalue weighted by molar-refractivity contribution is -0.130. The highest BCUT2D eigenvalue weighted by atomic mass is 16.5. The summed E-state index contributed by atoms with van der Waals surface area (Å²) in [6.45, 7) is 6.32. The van der Waals surface area contributed by atoms with Gasteiger partial charge in [-0.1, -0.05) is 6.92 Å². The molecule has 116 valence electrons. The van der Waals surface area contributed by atoms with Crippen LogP contribution in [0.1, 0.15) is 33.1 Å². The molecule has 0 aliphatic carbocycles. The molecule has 1 atom stereocenters. The lowest BCUT2D eigenvalue weighted by Gasteiger charge is -2.22. The highest BCUT2D eigenvalue weighted by Crippen LogP contribution is 2.26. The van der Waals surface area contributed by atoms with E-state index >= 15 is 0 Å². The number of nitrogen functional groups attached to an aromatic ring is 1. The van der Waals surface area contributed by atoms with Gasteiger partial charge in [0.25, 0.3) is 0 Å². The Morgan fingerprint density at radius 1 is 1.43 bits per heavy atom. The summed E-state index contributed by atoms with van der Waals surface area (Å²) in [5.41, 5.74) is 7.37. The maximum absolute atomic E-state index is 12.3. The van der Waals surface area contributed by atoms with Crippen LogP contribution in [0.4, 0.5) is 11.4 Å². The van der Waals surface area contributed by atoms with E-state index in [-0.39, 0.29) is 11.9 Å². The van der Waals surface area contributed by atoms with Gasteiger partial charge in [0.1, 0.15) is 11.8 Å². The highest BCUT2D eigenvalue weighted by Gasteiger charge is 2.23. The van der Waals surface area contributed by atoms with Crippen LogP contribution in [0.2, 0.25) is 0 Å². The molecule has 1 unspecified atom stereocenters. The number of hydrogen-bond acceptors (Lipinski definition) is 4. The first-order valence-corrected chi connectivity index (χ1v) is 7.69. The van der Waals surface area contributed by atoms with Gasteiger partial charge in [0.2, 0.25) is 5.91 Å². The summed E-state index contributed by atoms with van der Waals surface area (Å²) in [6.07, 6.45) is 3.14. The van der Waals surface area contributed by atoms with Crippen molar-refractivity contribution in [2.75, 3.05) is 30.7 Å². The van der Waals surface area contributed by atoms with Gasteiger partial charge in [0, 0.05) is 24.8 Å². The summed E-state index contributed by atoms with van der Waals surface area (Å²) in [5.74, 6) is 0.822. The lowest BCUT2D eigenvalue weighted by atomic mass is 10.2. The number of rotatable bonds is 6. The maximum Gasteiger partial charge on any atom is 0.244 e. The molecule has 1 aromatic carbocycles. The molecule has 5 heteroatoms. The Morgan fingerprint density at radius 3 is 2.81 bits per heavy atom. The molecule has 1 fully saturated rings. The zero-order valence-electron chi connectivity index (χ0n) is 12.9. The van der Waals surface area contributed by atoms with Gasteiger partial charge in [-0.15, -0.1) is 0 Å². The predicted molar refractivity (Wildman–Crippen MR) is 85.5 cm³/mol. The van der Waals surface area contributed by atoms with E-state index in [4.69, 9.17) is 10.5 Å².